The van der Waals surface area contributed by atoms with E-state index < -0.39 is 5.60 Å². The topological polar surface area (TPSA) is 23.5 Å². The second-order valence-corrected chi connectivity index (χ2v) is 6.84. The molecule has 0 bridgehead atoms. The third-order valence-corrected chi connectivity index (χ3v) is 5.16. The molecule has 2 nitrogen and oxygen atoms in total. The van der Waals surface area contributed by atoms with E-state index in [-0.39, 0.29) is 0 Å². The van der Waals surface area contributed by atoms with Gasteiger partial charge in [0.15, 0.2) is 0 Å². The molecular formula is C20H27NO. The second-order valence-electron chi connectivity index (χ2n) is 6.84. The van der Waals surface area contributed by atoms with Crippen molar-refractivity contribution in [3.05, 3.63) is 35.9 Å². The molecule has 1 aromatic rings. The minimum Gasteiger partial charge on any atom is -0.377 e. The zero-order valence-electron chi connectivity index (χ0n) is 13.4. The Morgan fingerprint density at radius 1 is 1.05 bits per heavy atom. The van der Waals surface area contributed by atoms with Crippen LogP contribution in [0, 0.1) is 17.8 Å². The summed E-state index contributed by atoms with van der Waals surface area (Å²) in [5.41, 5.74) is 0.190. The van der Waals surface area contributed by atoms with Gasteiger partial charge in [0.05, 0.1) is 0 Å². The van der Waals surface area contributed by atoms with Crippen LogP contribution in [0.1, 0.15) is 50.5 Å². The predicted molar refractivity (Wildman–Crippen MR) is 90.5 cm³/mol. The van der Waals surface area contributed by atoms with Crippen LogP contribution in [-0.4, -0.2) is 35.2 Å². The van der Waals surface area contributed by atoms with Gasteiger partial charge in [-0.25, -0.2) is 0 Å². The minimum absolute atomic E-state index is 0.296. The number of likely N-dealkylation sites (tertiary alicyclic amines) is 1. The van der Waals surface area contributed by atoms with Crippen LogP contribution in [0.15, 0.2) is 30.3 Å². The van der Waals surface area contributed by atoms with Gasteiger partial charge in [0, 0.05) is 18.0 Å². The SMILES string of the molecule is OC1(C#Cc2ccccc2)CCCCCC1CN1CCCC1. The van der Waals surface area contributed by atoms with Gasteiger partial charge in [0.25, 0.3) is 0 Å². The lowest BCUT2D eigenvalue weighted by Gasteiger charge is -2.33. The highest BCUT2D eigenvalue weighted by atomic mass is 16.3. The van der Waals surface area contributed by atoms with Gasteiger partial charge < -0.3 is 10.0 Å². The molecule has 2 aliphatic rings. The number of aliphatic hydroxyl groups is 1. The molecule has 1 heterocycles. The molecule has 2 fully saturated rings. The lowest BCUT2D eigenvalue weighted by atomic mass is 9.83. The normalized spacial score (nSPS) is 29.6. The monoisotopic (exact) mass is 297 g/mol. The fraction of sp³-hybridized carbons (Fsp3) is 0.600. The average molecular weight is 297 g/mol. The second kappa shape index (κ2) is 7.31. The van der Waals surface area contributed by atoms with Gasteiger partial charge in [-0.1, -0.05) is 42.9 Å². The summed E-state index contributed by atoms with van der Waals surface area (Å²) in [6.07, 6.45) is 8.10. The molecule has 0 amide bonds. The first-order valence-corrected chi connectivity index (χ1v) is 8.79. The number of rotatable bonds is 2. The summed E-state index contributed by atoms with van der Waals surface area (Å²) in [5, 5.41) is 11.2. The molecule has 1 aromatic carbocycles. The maximum atomic E-state index is 11.2. The number of nitrogens with zero attached hydrogens (tertiary/aromatic N) is 1. The highest BCUT2D eigenvalue weighted by Gasteiger charge is 2.37. The Morgan fingerprint density at radius 2 is 1.82 bits per heavy atom. The summed E-state index contributed by atoms with van der Waals surface area (Å²) in [6.45, 7) is 3.40. The van der Waals surface area contributed by atoms with Crippen LogP contribution in [0.3, 0.4) is 0 Å². The van der Waals surface area contributed by atoms with Crippen molar-refractivity contribution < 1.29 is 5.11 Å². The Bertz CT molecular complexity index is 524. The minimum atomic E-state index is -0.811. The summed E-state index contributed by atoms with van der Waals surface area (Å²) in [5.74, 6) is 6.77. The Morgan fingerprint density at radius 3 is 2.59 bits per heavy atom. The van der Waals surface area contributed by atoms with Gasteiger partial charge in [0.1, 0.15) is 5.60 Å². The molecular weight excluding hydrogens is 270 g/mol. The van der Waals surface area contributed by atoms with E-state index in [0.717, 1.165) is 31.4 Å². The largest absolute Gasteiger partial charge is 0.377 e. The summed E-state index contributed by atoms with van der Waals surface area (Å²) < 4.78 is 0. The van der Waals surface area contributed by atoms with Crippen LogP contribution < -0.4 is 0 Å². The first-order valence-electron chi connectivity index (χ1n) is 8.79. The maximum Gasteiger partial charge on any atom is 0.129 e. The Kier molecular flexibility index (Phi) is 5.18. The van der Waals surface area contributed by atoms with E-state index in [1.165, 1.54) is 38.8 Å². The van der Waals surface area contributed by atoms with Gasteiger partial charge in [-0.2, -0.15) is 0 Å². The Labute approximate surface area is 134 Å². The number of hydrogen-bond donors (Lipinski definition) is 1. The third kappa shape index (κ3) is 3.91. The van der Waals surface area contributed by atoms with E-state index in [9.17, 15) is 5.11 Å². The lowest BCUT2D eigenvalue weighted by Crippen LogP contribution is -2.42. The van der Waals surface area contributed by atoms with Gasteiger partial charge in [-0.05, 0) is 57.3 Å². The van der Waals surface area contributed by atoms with Gasteiger partial charge >= 0.3 is 0 Å². The van der Waals surface area contributed by atoms with Crippen LogP contribution >= 0.6 is 0 Å². The Balaban J connectivity index is 1.77. The zero-order valence-corrected chi connectivity index (χ0v) is 13.4. The quantitative estimate of drug-likeness (QED) is 0.667. The number of benzene rings is 1. The van der Waals surface area contributed by atoms with Crippen LogP contribution in [0.25, 0.3) is 0 Å². The molecule has 0 radical (unpaired) electrons. The molecule has 22 heavy (non-hydrogen) atoms. The molecule has 1 saturated heterocycles. The van der Waals surface area contributed by atoms with Crippen LogP contribution in [-0.2, 0) is 0 Å². The molecule has 0 aromatic heterocycles. The van der Waals surface area contributed by atoms with Crippen molar-refractivity contribution in [2.45, 2.75) is 50.5 Å². The van der Waals surface area contributed by atoms with Crippen molar-refractivity contribution in [3.63, 3.8) is 0 Å². The zero-order chi connectivity index (χ0) is 15.3. The summed E-state index contributed by atoms with van der Waals surface area (Å²) in [4.78, 5) is 2.52. The van der Waals surface area contributed by atoms with E-state index in [4.69, 9.17) is 0 Å². The third-order valence-electron chi connectivity index (χ3n) is 5.16. The fourth-order valence-electron chi connectivity index (χ4n) is 3.79. The maximum absolute atomic E-state index is 11.2. The van der Waals surface area contributed by atoms with Crippen molar-refractivity contribution in [3.8, 4) is 11.8 Å². The van der Waals surface area contributed by atoms with Crippen LogP contribution in [0.5, 0.6) is 0 Å². The smallest absolute Gasteiger partial charge is 0.129 e. The first kappa shape index (κ1) is 15.6. The van der Waals surface area contributed by atoms with E-state index in [1.54, 1.807) is 0 Å². The fourth-order valence-corrected chi connectivity index (χ4v) is 3.79. The molecule has 1 aliphatic carbocycles. The van der Waals surface area contributed by atoms with Gasteiger partial charge in [0.2, 0.25) is 0 Å². The highest BCUT2D eigenvalue weighted by molar-refractivity contribution is 5.36. The number of hydrogen-bond acceptors (Lipinski definition) is 2. The molecule has 2 unspecified atom stereocenters. The van der Waals surface area contributed by atoms with Crippen molar-refractivity contribution in [2.24, 2.45) is 5.92 Å². The molecule has 0 spiro atoms. The van der Waals surface area contributed by atoms with Crippen molar-refractivity contribution >= 4 is 0 Å². The molecule has 1 saturated carbocycles. The van der Waals surface area contributed by atoms with E-state index >= 15 is 0 Å². The van der Waals surface area contributed by atoms with Gasteiger partial charge in [-0.3, -0.25) is 0 Å². The summed E-state index contributed by atoms with van der Waals surface area (Å²) in [6, 6.07) is 10.0. The van der Waals surface area contributed by atoms with Crippen molar-refractivity contribution in [1.29, 1.82) is 0 Å². The summed E-state index contributed by atoms with van der Waals surface area (Å²) in [7, 11) is 0. The van der Waals surface area contributed by atoms with Gasteiger partial charge in [-0.15, -0.1) is 0 Å². The average Bonchev–Trinajstić information content (AvgIpc) is 2.99. The molecule has 1 aliphatic heterocycles. The Hall–Kier alpha value is -1.30. The van der Waals surface area contributed by atoms with E-state index in [0.29, 0.717) is 5.92 Å². The lowest BCUT2D eigenvalue weighted by molar-refractivity contribution is 0.0166. The predicted octanol–water partition coefficient (Wildman–Crippen LogP) is 3.45. The molecule has 2 heteroatoms. The first-order chi connectivity index (χ1) is 10.8. The molecule has 1 N–H and O–H groups in total. The molecule has 118 valence electrons. The highest BCUT2D eigenvalue weighted by Crippen LogP contribution is 2.33. The van der Waals surface area contributed by atoms with Crippen LogP contribution in [0.2, 0.25) is 0 Å². The van der Waals surface area contributed by atoms with E-state index in [1.807, 2.05) is 30.3 Å². The summed E-state index contributed by atoms with van der Waals surface area (Å²) >= 11 is 0. The van der Waals surface area contributed by atoms with Crippen LogP contribution in [0.4, 0.5) is 0 Å². The standard InChI is InChI=1S/C20H27NO/c22-20(14-12-18-9-3-1-4-10-18)13-6-2-5-11-19(20)17-21-15-7-8-16-21/h1,3-4,9-10,19,22H,2,5-8,11,13,15-17H2. The van der Waals surface area contributed by atoms with Crippen molar-refractivity contribution in [2.75, 3.05) is 19.6 Å². The van der Waals surface area contributed by atoms with Crippen molar-refractivity contribution in [1.82, 2.24) is 4.90 Å². The molecule has 2 atom stereocenters. The van der Waals surface area contributed by atoms with E-state index in [2.05, 4.69) is 16.7 Å². The molecule has 3 rings (SSSR count).